The van der Waals surface area contributed by atoms with Crippen molar-refractivity contribution >= 4 is 6.29 Å². The first kappa shape index (κ1) is 7.65. The summed E-state index contributed by atoms with van der Waals surface area (Å²) in [5.74, 6) is -1.10. The fourth-order valence-corrected chi connectivity index (χ4v) is 0.741. The van der Waals surface area contributed by atoms with Crippen LogP contribution in [-0.2, 0) is 19.0 Å². The van der Waals surface area contributed by atoms with E-state index in [1.54, 1.807) is 6.92 Å². The van der Waals surface area contributed by atoms with Crippen molar-refractivity contribution in [2.45, 2.75) is 19.0 Å². The largest absolute Gasteiger partial charge is 0.353 e. The van der Waals surface area contributed by atoms with Crippen LogP contribution >= 0.6 is 0 Å². The highest BCUT2D eigenvalue weighted by molar-refractivity contribution is 5.59. The number of carbonyl (C=O) groups excluding carboxylic acids is 1. The van der Waals surface area contributed by atoms with Gasteiger partial charge in [-0.25, -0.2) is 0 Å². The average molecular weight is 146 g/mol. The Hall–Kier alpha value is -0.450. The molecule has 1 aliphatic heterocycles. The van der Waals surface area contributed by atoms with Crippen LogP contribution in [0.3, 0.4) is 0 Å². The Morgan fingerprint density at radius 1 is 1.80 bits per heavy atom. The Labute approximate surface area is 59.1 Å². The van der Waals surface area contributed by atoms with Gasteiger partial charge in [-0.05, 0) is 6.92 Å². The van der Waals surface area contributed by atoms with Crippen molar-refractivity contribution in [3.8, 4) is 0 Å². The molecule has 1 saturated heterocycles. The Balaban J connectivity index is 2.48. The highest BCUT2D eigenvalue weighted by Gasteiger charge is 2.36. The van der Waals surface area contributed by atoms with E-state index in [4.69, 9.17) is 14.2 Å². The zero-order chi connectivity index (χ0) is 7.61. The molecule has 10 heavy (non-hydrogen) atoms. The van der Waals surface area contributed by atoms with Gasteiger partial charge < -0.3 is 14.2 Å². The van der Waals surface area contributed by atoms with E-state index >= 15 is 0 Å². The quantitative estimate of drug-likeness (QED) is 0.511. The van der Waals surface area contributed by atoms with Crippen LogP contribution in [0.25, 0.3) is 0 Å². The predicted octanol–water partition coefficient (Wildman–Crippen LogP) is -0.0792. The van der Waals surface area contributed by atoms with Crippen molar-refractivity contribution in [1.82, 2.24) is 0 Å². The van der Waals surface area contributed by atoms with Gasteiger partial charge in [0.2, 0.25) is 5.79 Å². The summed E-state index contributed by atoms with van der Waals surface area (Å²) in [7, 11) is 1.50. The normalized spacial score (nSPS) is 40.0. The van der Waals surface area contributed by atoms with Crippen molar-refractivity contribution in [3.05, 3.63) is 0 Å². The highest BCUT2D eigenvalue weighted by Crippen LogP contribution is 2.20. The van der Waals surface area contributed by atoms with E-state index in [2.05, 4.69) is 0 Å². The van der Waals surface area contributed by atoms with Gasteiger partial charge in [0, 0.05) is 7.11 Å². The molecule has 0 spiro atoms. The highest BCUT2D eigenvalue weighted by atomic mass is 16.8. The van der Waals surface area contributed by atoms with Gasteiger partial charge in [0.25, 0.3) is 0 Å². The van der Waals surface area contributed by atoms with E-state index in [1.165, 1.54) is 7.11 Å². The summed E-state index contributed by atoms with van der Waals surface area (Å²) >= 11 is 0. The molecule has 1 rings (SSSR count). The minimum Gasteiger partial charge on any atom is -0.353 e. The molecule has 0 aromatic carbocycles. The minimum absolute atomic E-state index is 0.311. The fraction of sp³-hybridized carbons (Fsp3) is 0.833. The summed E-state index contributed by atoms with van der Waals surface area (Å²) in [5.41, 5.74) is 0. The van der Waals surface area contributed by atoms with Crippen LogP contribution in [0.2, 0.25) is 0 Å². The lowest BCUT2D eigenvalue weighted by Gasteiger charge is -2.13. The number of ether oxygens (including phenoxy) is 3. The topological polar surface area (TPSA) is 44.8 Å². The molecule has 0 aromatic rings. The second kappa shape index (κ2) is 2.65. The van der Waals surface area contributed by atoms with Gasteiger partial charge >= 0.3 is 0 Å². The third-order valence-corrected chi connectivity index (χ3v) is 1.35. The average Bonchev–Trinajstić information content (AvgIpc) is 2.33. The molecule has 0 saturated carbocycles. The summed E-state index contributed by atoms with van der Waals surface area (Å²) in [4.78, 5) is 10.3. The Morgan fingerprint density at radius 3 is 2.80 bits per heavy atom. The molecule has 0 amide bonds. The number of rotatable bonds is 2. The van der Waals surface area contributed by atoms with E-state index in [9.17, 15) is 4.79 Å². The molecule has 0 aliphatic carbocycles. The molecule has 1 aliphatic rings. The maximum Gasteiger partial charge on any atom is 0.225 e. The zero-order valence-electron chi connectivity index (χ0n) is 5.99. The van der Waals surface area contributed by atoms with Gasteiger partial charge in [0.15, 0.2) is 12.6 Å². The third kappa shape index (κ3) is 1.34. The maximum absolute atomic E-state index is 10.3. The molecular weight excluding hydrogens is 136 g/mol. The first-order valence-corrected chi connectivity index (χ1v) is 3.01. The lowest BCUT2D eigenvalue weighted by molar-refractivity contribution is -0.188. The summed E-state index contributed by atoms with van der Waals surface area (Å²) in [5, 5.41) is 0. The minimum atomic E-state index is -1.10. The molecule has 0 bridgehead atoms. The van der Waals surface area contributed by atoms with Crippen LogP contribution in [0.5, 0.6) is 0 Å². The van der Waals surface area contributed by atoms with Crippen LogP contribution in [-0.4, -0.2) is 32.1 Å². The Bertz CT molecular complexity index is 136. The summed E-state index contributed by atoms with van der Waals surface area (Å²) < 4.78 is 14.8. The number of aldehydes is 1. The second-order valence-corrected chi connectivity index (χ2v) is 2.23. The van der Waals surface area contributed by atoms with Crippen molar-refractivity contribution in [2.75, 3.05) is 13.7 Å². The zero-order valence-corrected chi connectivity index (χ0v) is 5.99. The van der Waals surface area contributed by atoms with Gasteiger partial charge in [-0.2, -0.15) is 0 Å². The Morgan fingerprint density at radius 2 is 2.50 bits per heavy atom. The molecule has 0 radical (unpaired) electrons. The summed E-state index contributed by atoms with van der Waals surface area (Å²) in [6.45, 7) is 1.87. The molecule has 0 N–H and O–H groups in total. The lowest BCUT2D eigenvalue weighted by atomic mass is 10.4. The van der Waals surface area contributed by atoms with Crippen LogP contribution < -0.4 is 0 Å². The third-order valence-electron chi connectivity index (χ3n) is 1.35. The van der Waals surface area contributed by atoms with E-state index < -0.39 is 12.1 Å². The van der Waals surface area contributed by atoms with Crippen molar-refractivity contribution in [2.24, 2.45) is 0 Å². The molecule has 4 heteroatoms. The molecule has 1 fully saturated rings. The first-order valence-electron chi connectivity index (χ1n) is 3.01. The van der Waals surface area contributed by atoms with Crippen molar-refractivity contribution < 1.29 is 19.0 Å². The van der Waals surface area contributed by atoms with Crippen LogP contribution in [0.1, 0.15) is 6.92 Å². The van der Waals surface area contributed by atoms with E-state index in [0.717, 1.165) is 0 Å². The number of carbonyl (C=O) groups is 1. The summed E-state index contributed by atoms with van der Waals surface area (Å²) in [6, 6.07) is 0. The molecule has 1 heterocycles. The van der Waals surface area contributed by atoms with E-state index in [0.29, 0.717) is 12.9 Å². The van der Waals surface area contributed by atoms with E-state index in [-0.39, 0.29) is 0 Å². The number of methoxy groups -OCH3 is 1. The smallest absolute Gasteiger partial charge is 0.225 e. The predicted molar refractivity (Wildman–Crippen MR) is 32.3 cm³/mol. The van der Waals surface area contributed by atoms with E-state index in [1.807, 2.05) is 0 Å². The van der Waals surface area contributed by atoms with Gasteiger partial charge in [-0.3, -0.25) is 4.79 Å². The van der Waals surface area contributed by atoms with Gasteiger partial charge in [-0.15, -0.1) is 0 Å². The van der Waals surface area contributed by atoms with Crippen LogP contribution in [0.15, 0.2) is 0 Å². The first-order chi connectivity index (χ1) is 4.70. The number of hydrogen-bond donors (Lipinski definition) is 0. The molecule has 4 nitrogen and oxygen atoms in total. The van der Waals surface area contributed by atoms with Crippen molar-refractivity contribution in [3.63, 3.8) is 0 Å². The summed E-state index contributed by atoms with van der Waals surface area (Å²) in [6.07, 6.45) is 0.210. The SMILES string of the molecule is CO[C@H]1COC(C)(C=O)O1. The van der Waals surface area contributed by atoms with Gasteiger partial charge in [0.05, 0.1) is 0 Å². The monoisotopic (exact) mass is 146 g/mol. The van der Waals surface area contributed by atoms with Gasteiger partial charge in [-0.1, -0.05) is 0 Å². The molecule has 58 valence electrons. The van der Waals surface area contributed by atoms with Crippen LogP contribution in [0.4, 0.5) is 0 Å². The fourth-order valence-electron chi connectivity index (χ4n) is 0.741. The maximum atomic E-state index is 10.3. The standard InChI is InChI=1S/C6H10O4/c1-6(4-7)9-3-5(8-2)10-6/h4-5H,3H2,1-2H3/t5-,6?/m1/s1. The molecule has 0 aromatic heterocycles. The molecule has 1 unspecified atom stereocenters. The second-order valence-electron chi connectivity index (χ2n) is 2.23. The number of hydrogen-bond acceptors (Lipinski definition) is 4. The van der Waals surface area contributed by atoms with Crippen LogP contribution in [0, 0.1) is 0 Å². The Kier molecular flexibility index (Phi) is 2.03. The molecule has 2 atom stereocenters. The van der Waals surface area contributed by atoms with Gasteiger partial charge in [0.1, 0.15) is 6.61 Å². The van der Waals surface area contributed by atoms with Crippen molar-refractivity contribution in [1.29, 1.82) is 0 Å². The molecular formula is C6H10O4. The lowest BCUT2D eigenvalue weighted by Crippen LogP contribution is -2.28.